The molecule has 2 aromatic rings. The number of hydrogen-bond donors (Lipinski definition) is 1. The maximum atomic E-state index is 10.8. The third-order valence-electron chi connectivity index (χ3n) is 4.17. The van der Waals surface area contributed by atoms with E-state index in [2.05, 4.69) is 0 Å². The molecule has 1 heterocycles. The third kappa shape index (κ3) is 4.21. The van der Waals surface area contributed by atoms with Crippen molar-refractivity contribution in [3.05, 3.63) is 69.8 Å². The summed E-state index contributed by atoms with van der Waals surface area (Å²) >= 11 is 0. The summed E-state index contributed by atoms with van der Waals surface area (Å²) in [7, 11) is -1.25. The van der Waals surface area contributed by atoms with Gasteiger partial charge in [0.05, 0.1) is 6.61 Å². The van der Waals surface area contributed by atoms with Crippen LogP contribution in [0.25, 0.3) is 0 Å². The Labute approximate surface area is 151 Å². The lowest BCUT2D eigenvalue weighted by Crippen LogP contribution is -2.32. The lowest BCUT2D eigenvalue weighted by Gasteiger charge is -2.20. The van der Waals surface area contributed by atoms with Crippen LogP contribution in [-0.4, -0.2) is 29.9 Å². The van der Waals surface area contributed by atoms with Crippen LogP contribution < -0.4 is 10.2 Å². The molecule has 1 aliphatic heterocycles. The molecule has 0 aliphatic carbocycles. The number of ether oxygens (including phenoxy) is 2. The predicted octanol–water partition coefficient (Wildman–Crippen LogP) is 2.05. The first-order valence-electron chi connectivity index (χ1n) is 8.48. The van der Waals surface area contributed by atoms with Crippen LogP contribution in [0.5, 0.6) is 5.75 Å². The molecule has 2 aromatic carbocycles. The van der Waals surface area contributed by atoms with E-state index in [1.807, 2.05) is 37.3 Å². The summed E-state index contributed by atoms with van der Waals surface area (Å²) in [6, 6.07) is 14.9. The fourth-order valence-electron chi connectivity index (χ4n) is 2.92. The smallest absolute Gasteiger partial charge is 0.465 e. The highest BCUT2D eigenvalue weighted by molar-refractivity contribution is 6.62. The highest BCUT2D eigenvalue weighted by Crippen LogP contribution is 2.28. The van der Waals surface area contributed by atoms with Crippen molar-refractivity contribution in [2.24, 2.45) is 0 Å². The Balaban J connectivity index is 1.73. The van der Waals surface area contributed by atoms with Crippen molar-refractivity contribution < 1.29 is 24.1 Å². The number of fused-ring (bicyclic) bond motifs is 1. The Morgan fingerprint density at radius 1 is 1.27 bits per heavy atom. The number of nitro groups is 1. The Morgan fingerprint density at radius 2 is 2.04 bits per heavy atom. The molecule has 1 aliphatic rings. The summed E-state index contributed by atoms with van der Waals surface area (Å²) < 4.78 is 17.1. The van der Waals surface area contributed by atoms with E-state index < -0.39 is 31.0 Å². The van der Waals surface area contributed by atoms with Gasteiger partial charge in [0, 0.05) is 16.8 Å². The van der Waals surface area contributed by atoms with Crippen molar-refractivity contribution in [1.29, 1.82) is 0 Å². The standard InChI is InChI=1S/C18H20BNO6/c1-2-17(24-12-13-7-4-3-5-8-13)25-15-10-6-9-14-16(11-20(22)23)26-19(21)18(14)15/h3-10,16-17,21H,2,11-12H2,1H3. The Hall–Kier alpha value is -2.42. The second kappa shape index (κ2) is 8.31. The van der Waals surface area contributed by atoms with E-state index in [9.17, 15) is 15.1 Å². The maximum Gasteiger partial charge on any atom is 0.496 e. The maximum absolute atomic E-state index is 10.8. The molecule has 3 rings (SSSR count). The second-order valence-electron chi connectivity index (χ2n) is 6.00. The average Bonchev–Trinajstić information content (AvgIpc) is 2.95. The number of nitrogens with zero attached hydrogens (tertiary/aromatic N) is 1. The van der Waals surface area contributed by atoms with E-state index in [0.717, 1.165) is 5.56 Å². The number of rotatable bonds is 8. The largest absolute Gasteiger partial charge is 0.496 e. The van der Waals surface area contributed by atoms with Gasteiger partial charge in [0.15, 0.2) is 6.29 Å². The molecule has 26 heavy (non-hydrogen) atoms. The molecule has 0 radical (unpaired) electrons. The molecule has 1 N–H and O–H groups in total. The zero-order chi connectivity index (χ0) is 18.5. The highest BCUT2D eigenvalue weighted by atomic mass is 16.7. The van der Waals surface area contributed by atoms with E-state index in [1.54, 1.807) is 18.2 Å². The minimum Gasteiger partial charge on any atom is -0.465 e. The summed E-state index contributed by atoms with van der Waals surface area (Å²) in [4.78, 5) is 10.3. The fourth-order valence-corrected chi connectivity index (χ4v) is 2.92. The average molecular weight is 357 g/mol. The van der Waals surface area contributed by atoms with Gasteiger partial charge in [-0.3, -0.25) is 10.1 Å². The predicted molar refractivity (Wildman–Crippen MR) is 95.7 cm³/mol. The van der Waals surface area contributed by atoms with Crippen LogP contribution in [0.4, 0.5) is 0 Å². The Morgan fingerprint density at radius 3 is 2.73 bits per heavy atom. The fraction of sp³-hybridized carbons (Fsp3) is 0.333. The normalized spacial score (nSPS) is 17.0. The van der Waals surface area contributed by atoms with Crippen LogP contribution in [0.15, 0.2) is 48.5 Å². The lowest BCUT2D eigenvalue weighted by molar-refractivity contribution is -0.490. The van der Waals surface area contributed by atoms with Gasteiger partial charge in [0.25, 0.3) is 0 Å². The van der Waals surface area contributed by atoms with Gasteiger partial charge in [-0.05, 0) is 17.2 Å². The van der Waals surface area contributed by atoms with Crippen LogP contribution in [0.3, 0.4) is 0 Å². The van der Waals surface area contributed by atoms with Gasteiger partial charge in [0.2, 0.25) is 6.54 Å². The van der Waals surface area contributed by atoms with Crippen LogP contribution >= 0.6 is 0 Å². The van der Waals surface area contributed by atoms with E-state index >= 15 is 0 Å². The van der Waals surface area contributed by atoms with Crippen molar-refractivity contribution in [3.63, 3.8) is 0 Å². The van der Waals surface area contributed by atoms with E-state index in [0.29, 0.717) is 29.8 Å². The van der Waals surface area contributed by atoms with Crippen molar-refractivity contribution in [3.8, 4) is 5.75 Å². The summed E-state index contributed by atoms with van der Waals surface area (Å²) in [5, 5.41) is 21.0. The number of benzene rings is 2. The summed E-state index contributed by atoms with van der Waals surface area (Å²) in [6.45, 7) is 1.92. The minimum atomic E-state index is -1.25. The molecule has 0 aromatic heterocycles. The van der Waals surface area contributed by atoms with Crippen molar-refractivity contribution in [2.75, 3.05) is 6.54 Å². The Bertz CT molecular complexity index is 757. The molecule has 0 bridgehead atoms. The molecule has 0 fully saturated rings. The second-order valence-corrected chi connectivity index (χ2v) is 6.00. The molecule has 0 amide bonds. The van der Waals surface area contributed by atoms with Crippen LogP contribution in [0.1, 0.15) is 30.6 Å². The zero-order valence-corrected chi connectivity index (χ0v) is 14.4. The summed E-state index contributed by atoms with van der Waals surface area (Å²) in [6.07, 6.45) is -0.696. The van der Waals surface area contributed by atoms with Gasteiger partial charge in [-0.1, -0.05) is 49.4 Å². The van der Waals surface area contributed by atoms with E-state index in [4.69, 9.17) is 14.1 Å². The molecule has 136 valence electrons. The first-order valence-corrected chi connectivity index (χ1v) is 8.48. The SMILES string of the molecule is CCC(OCc1ccccc1)Oc1cccc2c1B(O)OC2C[N+](=O)[O-]. The number of hydrogen-bond acceptors (Lipinski definition) is 6. The first-order chi connectivity index (χ1) is 12.6. The molecule has 2 unspecified atom stereocenters. The van der Waals surface area contributed by atoms with Gasteiger partial charge in [-0.2, -0.15) is 0 Å². The molecular formula is C18H20BNO6. The van der Waals surface area contributed by atoms with Gasteiger partial charge in [-0.25, -0.2) is 0 Å². The zero-order valence-electron chi connectivity index (χ0n) is 14.4. The Kier molecular flexibility index (Phi) is 5.87. The van der Waals surface area contributed by atoms with Gasteiger partial charge in [0.1, 0.15) is 11.9 Å². The third-order valence-corrected chi connectivity index (χ3v) is 4.17. The summed E-state index contributed by atoms with van der Waals surface area (Å²) in [5.74, 6) is 0.417. The van der Waals surface area contributed by atoms with Crippen LogP contribution in [0, 0.1) is 10.1 Å². The van der Waals surface area contributed by atoms with Gasteiger partial charge >= 0.3 is 7.12 Å². The molecule has 8 heteroatoms. The topological polar surface area (TPSA) is 91.1 Å². The van der Waals surface area contributed by atoms with Gasteiger partial charge in [-0.15, -0.1) is 0 Å². The molecule has 0 spiro atoms. The lowest BCUT2D eigenvalue weighted by atomic mass is 9.78. The molecule has 0 saturated heterocycles. The first kappa shape index (κ1) is 18.4. The van der Waals surface area contributed by atoms with Crippen molar-refractivity contribution in [2.45, 2.75) is 32.3 Å². The van der Waals surface area contributed by atoms with Crippen LogP contribution in [0.2, 0.25) is 0 Å². The summed E-state index contributed by atoms with van der Waals surface area (Å²) in [5.41, 5.74) is 2.04. The quantitative estimate of drug-likeness (QED) is 0.337. The molecule has 0 saturated carbocycles. The van der Waals surface area contributed by atoms with Crippen molar-refractivity contribution in [1.82, 2.24) is 0 Å². The van der Waals surface area contributed by atoms with Gasteiger partial charge < -0.3 is 19.2 Å². The van der Waals surface area contributed by atoms with Crippen LogP contribution in [-0.2, 0) is 16.0 Å². The highest BCUT2D eigenvalue weighted by Gasteiger charge is 2.40. The molecular weight excluding hydrogens is 337 g/mol. The molecule has 2 atom stereocenters. The van der Waals surface area contributed by atoms with Crippen molar-refractivity contribution >= 4 is 12.6 Å². The van der Waals surface area contributed by atoms with E-state index in [1.165, 1.54) is 0 Å². The molecule has 7 nitrogen and oxygen atoms in total. The minimum absolute atomic E-state index is 0.400. The monoisotopic (exact) mass is 357 g/mol. The van der Waals surface area contributed by atoms with E-state index in [-0.39, 0.29) is 0 Å².